The minimum atomic E-state index is -4.48. The molecular formula is C16H15F3N4O2. The minimum absolute atomic E-state index is 0.0412. The molecule has 6 nitrogen and oxygen atoms in total. The number of benzene rings is 1. The number of anilines is 1. The lowest BCUT2D eigenvalue weighted by atomic mass is 10.0. The van der Waals surface area contributed by atoms with Crippen LogP contribution in [0, 0.1) is 11.3 Å². The highest BCUT2D eigenvalue weighted by Gasteiger charge is 2.30. The summed E-state index contributed by atoms with van der Waals surface area (Å²) in [5.74, 6) is -0.0412. The Labute approximate surface area is 140 Å². The lowest BCUT2D eigenvalue weighted by molar-refractivity contribution is -0.137. The lowest BCUT2D eigenvalue weighted by Crippen LogP contribution is -2.40. The molecule has 25 heavy (non-hydrogen) atoms. The minimum Gasteiger partial charge on any atom is -0.364 e. The van der Waals surface area contributed by atoms with Crippen LogP contribution in [0.5, 0.6) is 0 Å². The van der Waals surface area contributed by atoms with E-state index in [2.05, 4.69) is 5.32 Å². The van der Waals surface area contributed by atoms with Crippen LogP contribution >= 0.6 is 0 Å². The molecule has 0 fully saturated rings. The van der Waals surface area contributed by atoms with Gasteiger partial charge in [-0.1, -0.05) is 12.1 Å². The van der Waals surface area contributed by atoms with Crippen molar-refractivity contribution in [2.24, 2.45) is 14.1 Å². The Morgan fingerprint density at radius 2 is 1.84 bits per heavy atom. The van der Waals surface area contributed by atoms with Gasteiger partial charge in [-0.25, -0.2) is 4.79 Å². The first-order valence-electron chi connectivity index (χ1n) is 7.21. The summed E-state index contributed by atoms with van der Waals surface area (Å²) in [6.07, 6.45) is -4.48. The van der Waals surface area contributed by atoms with E-state index in [4.69, 9.17) is 0 Å². The first-order chi connectivity index (χ1) is 11.6. The Hall–Kier alpha value is -3.02. The van der Waals surface area contributed by atoms with Crippen LogP contribution in [0.15, 0.2) is 33.9 Å². The zero-order valence-electron chi connectivity index (χ0n) is 13.7. The van der Waals surface area contributed by atoms with Crippen molar-refractivity contribution >= 4 is 5.82 Å². The summed E-state index contributed by atoms with van der Waals surface area (Å²) < 4.78 is 40.4. The summed E-state index contributed by atoms with van der Waals surface area (Å²) in [7, 11) is 2.61. The summed E-state index contributed by atoms with van der Waals surface area (Å²) in [4.78, 5) is 24.0. The third-order valence-electron chi connectivity index (χ3n) is 3.84. The van der Waals surface area contributed by atoms with E-state index in [9.17, 15) is 28.0 Å². The van der Waals surface area contributed by atoms with Crippen LogP contribution in [0.4, 0.5) is 19.0 Å². The molecule has 2 rings (SSSR count). The van der Waals surface area contributed by atoms with Gasteiger partial charge in [-0.05, 0) is 24.6 Å². The second kappa shape index (κ2) is 6.47. The summed E-state index contributed by atoms with van der Waals surface area (Å²) in [6, 6.07) is 5.73. The van der Waals surface area contributed by atoms with E-state index in [1.807, 2.05) is 0 Å². The molecule has 0 bridgehead atoms. The molecule has 1 unspecified atom stereocenters. The number of halogens is 3. The summed E-state index contributed by atoms with van der Waals surface area (Å²) in [5.41, 5.74) is -2.22. The fourth-order valence-electron chi connectivity index (χ4n) is 2.39. The number of nitrogens with one attached hydrogen (secondary N) is 1. The van der Waals surface area contributed by atoms with Crippen molar-refractivity contribution in [2.45, 2.75) is 19.1 Å². The Morgan fingerprint density at radius 1 is 1.20 bits per heavy atom. The van der Waals surface area contributed by atoms with Gasteiger partial charge in [0.25, 0.3) is 5.56 Å². The molecule has 1 atom stereocenters. The maximum atomic E-state index is 12.8. The maximum Gasteiger partial charge on any atom is 0.416 e. The van der Waals surface area contributed by atoms with Gasteiger partial charge >= 0.3 is 11.9 Å². The highest BCUT2D eigenvalue weighted by molar-refractivity contribution is 5.52. The zero-order chi connectivity index (χ0) is 18.9. The summed E-state index contributed by atoms with van der Waals surface area (Å²) >= 11 is 0. The standard InChI is InChI=1S/C16H15F3N4O2/c1-9(10-5-4-6-11(7-10)16(17,18)19)21-13-12(8-20)14(24)23(3)15(25)22(13)2/h4-7,9,21H,1-3H3. The Morgan fingerprint density at radius 3 is 2.40 bits per heavy atom. The molecule has 0 saturated carbocycles. The molecule has 0 aliphatic heterocycles. The Bertz CT molecular complexity index is 967. The van der Waals surface area contributed by atoms with E-state index < -0.39 is 29.0 Å². The number of nitriles is 1. The molecule has 1 aromatic carbocycles. The molecule has 1 heterocycles. The van der Waals surface area contributed by atoms with E-state index in [0.717, 1.165) is 21.3 Å². The van der Waals surface area contributed by atoms with Gasteiger partial charge in [0.2, 0.25) is 0 Å². The predicted octanol–water partition coefficient (Wildman–Crippen LogP) is 2.15. The number of hydrogen-bond acceptors (Lipinski definition) is 4. The largest absolute Gasteiger partial charge is 0.416 e. The van der Waals surface area contributed by atoms with Crippen LogP contribution in [0.25, 0.3) is 0 Å². The lowest BCUT2D eigenvalue weighted by Gasteiger charge is -2.20. The molecular weight excluding hydrogens is 337 g/mol. The predicted molar refractivity (Wildman–Crippen MR) is 85.1 cm³/mol. The topological polar surface area (TPSA) is 79.8 Å². The molecule has 1 N–H and O–H groups in total. The maximum absolute atomic E-state index is 12.8. The molecule has 0 radical (unpaired) electrons. The first-order valence-corrected chi connectivity index (χ1v) is 7.21. The van der Waals surface area contributed by atoms with E-state index in [0.29, 0.717) is 5.56 Å². The van der Waals surface area contributed by atoms with Crippen molar-refractivity contribution in [1.82, 2.24) is 9.13 Å². The van der Waals surface area contributed by atoms with E-state index in [1.165, 1.54) is 26.2 Å². The normalized spacial score (nSPS) is 12.5. The fourth-order valence-corrected chi connectivity index (χ4v) is 2.39. The van der Waals surface area contributed by atoms with Crippen molar-refractivity contribution in [3.8, 4) is 6.07 Å². The van der Waals surface area contributed by atoms with E-state index in [-0.39, 0.29) is 11.4 Å². The molecule has 1 aromatic heterocycles. The van der Waals surface area contributed by atoms with Gasteiger partial charge in [0.05, 0.1) is 5.56 Å². The molecule has 132 valence electrons. The van der Waals surface area contributed by atoms with Crippen LogP contribution in [-0.2, 0) is 20.3 Å². The van der Waals surface area contributed by atoms with Crippen molar-refractivity contribution in [3.05, 3.63) is 61.8 Å². The average molecular weight is 352 g/mol. The molecule has 0 aliphatic carbocycles. The van der Waals surface area contributed by atoms with Crippen LogP contribution in [0.2, 0.25) is 0 Å². The Kier molecular flexibility index (Phi) is 4.74. The molecule has 0 amide bonds. The number of hydrogen-bond donors (Lipinski definition) is 1. The van der Waals surface area contributed by atoms with Crippen molar-refractivity contribution < 1.29 is 13.2 Å². The van der Waals surface area contributed by atoms with Gasteiger partial charge in [0, 0.05) is 20.1 Å². The number of aromatic nitrogens is 2. The van der Waals surface area contributed by atoms with E-state index in [1.54, 1.807) is 13.0 Å². The van der Waals surface area contributed by atoms with Crippen LogP contribution in [-0.4, -0.2) is 9.13 Å². The summed E-state index contributed by atoms with van der Waals surface area (Å²) in [6.45, 7) is 1.57. The molecule has 0 saturated heterocycles. The third-order valence-corrected chi connectivity index (χ3v) is 3.84. The molecule has 0 spiro atoms. The second-order valence-electron chi connectivity index (χ2n) is 5.53. The van der Waals surface area contributed by atoms with Crippen molar-refractivity contribution in [3.63, 3.8) is 0 Å². The van der Waals surface area contributed by atoms with Crippen molar-refractivity contribution in [1.29, 1.82) is 5.26 Å². The number of alkyl halides is 3. The SMILES string of the molecule is CC(Nc1c(C#N)c(=O)n(C)c(=O)n1C)c1cccc(C(F)(F)F)c1. The Balaban J connectivity index is 2.50. The van der Waals surface area contributed by atoms with Gasteiger partial charge in [-0.3, -0.25) is 13.9 Å². The molecule has 9 heteroatoms. The van der Waals surface area contributed by atoms with Crippen molar-refractivity contribution in [2.75, 3.05) is 5.32 Å². The smallest absolute Gasteiger partial charge is 0.364 e. The zero-order valence-corrected chi connectivity index (χ0v) is 13.7. The average Bonchev–Trinajstić information content (AvgIpc) is 2.57. The van der Waals surface area contributed by atoms with Crippen LogP contribution < -0.4 is 16.6 Å². The van der Waals surface area contributed by atoms with Gasteiger partial charge in [-0.2, -0.15) is 18.4 Å². The number of nitrogens with zero attached hydrogens (tertiary/aromatic N) is 3. The first kappa shape index (κ1) is 18.3. The fraction of sp³-hybridized carbons (Fsp3) is 0.312. The monoisotopic (exact) mass is 352 g/mol. The van der Waals surface area contributed by atoms with Gasteiger partial charge in [0.1, 0.15) is 11.9 Å². The second-order valence-corrected chi connectivity index (χ2v) is 5.53. The quantitative estimate of drug-likeness (QED) is 0.918. The van der Waals surface area contributed by atoms with Gasteiger partial charge < -0.3 is 5.32 Å². The highest BCUT2D eigenvalue weighted by Crippen LogP contribution is 2.31. The van der Waals surface area contributed by atoms with Crippen LogP contribution in [0.3, 0.4) is 0 Å². The van der Waals surface area contributed by atoms with E-state index >= 15 is 0 Å². The van der Waals surface area contributed by atoms with Gasteiger partial charge in [-0.15, -0.1) is 0 Å². The number of rotatable bonds is 3. The van der Waals surface area contributed by atoms with Gasteiger partial charge in [0.15, 0.2) is 5.56 Å². The molecule has 0 aliphatic rings. The van der Waals surface area contributed by atoms with Crippen LogP contribution in [0.1, 0.15) is 29.7 Å². The summed E-state index contributed by atoms with van der Waals surface area (Å²) in [5, 5.41) is 12.0. The highest BCUT2D eigenvalue weighted by atomic mass is 19.4. The molecule has 2 aromatic rings. The third kappa shape index (κ3) is 3.42.